The van der Waals surface area contributed by atoms with Crippen LogP contribution < -0.4 is 5.32 Å². The van der Waals surface area contributed by atoms with Gasteiger partial charge in [-0.15, -0.1) is 0 Å². The third-order valence-electron chi connectivity index (χ3n) is 4.41. The number of hydrogen-bond acceptors (Lipinski definition) is 4. The van der Waals surface area contributed by atoms with Gasteiger partial charge < -0.3 is 10.1 Å². The van der Waals surface area contributed by atoms with E-state index in [0.29, 0.717) is 43.1 Å². The molecular weight excluding hydrogens is 419 g/mol. The number of rotatable bonds is 5. The normalized spacial score (nSPS) is 15.6. The highest BCUT2D eigenvalue weighted by atomic mass is 35.5. The van der Waals surface area contributed by atoms with Gasteiger partial charge in [-0.1, -0.05) is 23.7 Å². The van der Waals surface area contributed by atoms with E-state index in [4.69, 9.17) is 16.3 Å². The number of aryl methyl sites for hydroxylation is 1. The standard InChI is InChI=1S/C20H20ClFN2O4S/c1-14-2-5-16(13-19(14)29(26,27)24-8-10-28-11-9-24)23-20(25)7-4-15-3-6-18(22)17(21)12-15/h2-7,12-13H,8-11H2,1H3,(H,23,25)/b7-4+. The van der Waals surface area contributed by atoms with Crippen molar-refractivity contribution in [2.24, 2.45) is 0 Å². The van der Waals surface area contributed by atoms with Crippen LogP contribution in [-0.4, -0.2) is 44.9 Å². The number of ether oxygens (including phenoxy) is 1. The maximum Gasteiger partial charge on any atom is 0.248 e. The Labute approximate surface area is 174 Å². The van der Waals surface area contributed by atoms with Crippen molar-refractivity contribution in [3.05, 3.63) is 64.4 Å². The summed E-state index contributed by atoms with van der Waals surface area (Å²) >= 11 is 5.72. The van der Waals surface area contributed by atoms with Gasteiger partial charge in [0.05, 0.1) is 23.1 Å². The summed E-state index contributed by atoms with van der Waals surface area (Å²) in [5.74, 6) is -0.994. The first kappa shape index (κ1) is 21.4. The summed E-state index contributed by atoms with van der Waals surface area (Å²) in [5.41, 5.74) is 1.51. The highest BCUT2D eigenvalue weighted by molar-refractivity contribution is 7.89. The van der Waals surface area contributed by atoms with Gasteiger partial charge in [-0.25, -0.2) is 12.8 Å². The summed E-state index contributed by atoms with van der Waals surface area (Å²) < 4.78 is 45.6. The number of anilines is 1. The fourth-order valence-electron chi connectivity index (χ4n) is 2.85. The van der Waals surface area contributed by atoms with Crippen LogP contribution in [0.1, 0.15) is 11.1 Å². The Morgan fingerprint density at radius 2 is 1.93 bits per heavy atom. The summed E-state index contributed by atoms with van der Waals surface area (Å²) in [5, 5.41) is 2.60. The van der Waals surface area contributed by atoms with Crippen LogP contribution in [-0.2, 0) is 19.6 Å². The average molecular weight is 439 g/mol. The summed E-state index contributed by atoms with van der Waals surface area (Å²) in [4.78, 5) is 12.3. The summed E-state index contributed by atoms with van der Waals surface area (Å²) in [6.45, 7) is 3.00. The molecule has 2 aromatic rings. The Morgan fingerprint density at radius 3 is 2.62 bits per heavy atom. The minimum Gasteiger partial charge on any atom is -0.379 e. The molecule has 0 aliphatic carbocycles. The van der Waals surface area contributed by atoms with Crippen molar-refractivity contribution in [1.29, 1.82) is 0 Å². The van der Waals surface area contributed by atoms with Crippen LogP contribution in [0.3, 0.4) is 0 Å². The van der Waals surface area contributed by atoms with Crippen molar-refractivity contribution >= 4 is 39.3 Å². The smallest absolute Gasteiger partial charge is 0.248 e. The Balaban J connectivity index is 1.76. The van der Waals surface area contributed by atoms with E-state index in [1.165, 1.54) is 40.7 Å². The van der Waals surface area contributed by atoms with Gasteiger partial charge >= 0.3 is 0 Å². The first-order valence-corrected chi connectivity index (χ1v) is 10.7. The van der Waals surface area contributed by atoms with Crippen LogP contribution in [0, 0.1) is 12.7 Å². The maximum atomic E-state index is 13.2. The molecule has 0 spiro atoms. The number of halogens is 2. The zero-order valence-electron chi connectivity index (χ0n) is 15.7. The number of amides is 1. The molecule has 1 fully saturated rings. The van der Waals surface area contributed by atoms with Gasteiger partial charge in [0, 0.05) is 24.9 Å². The van der Waals surface area contributed by atoms with E-state index in [1.54, 1.807) is 19.1 Å². The van der Waals surface area contributed by atoms with Gasteiger partial charge in [0.1, 0.15) is 5.82 Å². The molecule has 0 radical (unpaired) electrons. The molecule has 9 heteroatoms. The molecule has 0 bridgehead atoms. The summed E-state index contributed by atoms with van der Waals surface area (Å²) in [7, 11) is -3.68. The molecule has 0 atom stereocenters. The topological polar surface area (TPSA) is 75.7 Å². The minimum absolute atomic E-state index is 0.0379. The third kappa shape index (κ3) is 5.22. The molecule has 1 aliphatic heterocycles. The minimum atomic E-state index is -3.68. The van der Waals surface area contributed by atoms with E-state index in [1.807, 2.05) is 0 Å². The molecule has 1 N–H and O–H groups in total. The predicted molar refractivity (Wildman–Crippen MR) is 110 cm³/mol. The first-order chi connectivity index (χ1) is 13.8. The Bertz CT molecular complexity index is 1050. The second-order valence-electron chi connectivity index (χ2n) is 6.49. The Hall–Kier alpha value is -2.26. The van der Waals surface area contributed by atoms with E-state index in [2.05, 4.69) is 5.32 Å². The van der Waals surface area contributed by atoms with Crippen molar-refractivity contribution in [2.45, 2.75) is 11.8 Å². The zero-order valence-corrected chi connectivity index (χ0v) is 17.3. The lowest BCUT2D eigenvalue weighted by atomic mass is 10.2. The predicted octanol–water partition coefficient (Wildman–Crippen LogP) is 3.46. The molecule has 6 nitrogen and oxygen atoms in total. The number of hydrogen-bond donors (Lipinski definition) is 1. The highest BCUT2D eigenvalue weighted by Crippen LogP contribution is 2.24. The third-order valence-corrected chi connectivity index (χ3v) is 6.74. The first-order valence-electron chi connectivity index (χ1n) is 8.90. The molecule has 0 saturated carbocycles. The molecule has 0 unspecified atom stereocenters. The zero-order chi connectivity index (χ0) is 21.0. The average Bonchev–Trinajstić information content (AvgIpc) is 2.71. The van der Waals surface area contributed by atoms with Crippen LogP contribution in [0.2, 0.25) is 5.02 Å². The molecule has 3 rings (SSSR count). The number of morpholine rings is 1. The number of nitrogens with one attached hydrogen (secondary N) is 1. The summed E-state index contributed by atoms with van der Waals surface area (Å²) in [6.07, 6.45) is 2.75. The maximum absolute atomic E-state index is 13.2. The molecular formula is C20H20ClFN2O4S. The molecule has 0 aromatic heterocycles. The lowest BCUT2D eigenvalue weighted by Crippen LogP contribution is -2.40. The van der Waals surface area contributed by atoms with Gasteiger partial charge in [0.25, 0.3) is 0 Å². The van der Waals surface area contributed by atoms with Gasteiger partial charge in [-0.05, 0) is 48.4 Å². The molecule has 2 aromatic carbocycles. The number of nitrogens with zero attached hydrogens (tertiary/aromatic N) is 1. The highest BCUT2D eigenvalue weighted by Gasteiger charge is 2.28. The monoisotopic (exact) mass is 438 g/mol. The fourth-order valence-corrected chi connectivity index (χ4v) is 4.70. The van der Waals surface area contributed by atoms with Gasteiger partial charge in [-0.3, -0.25) is 4.79 Å². The van der Waals surface area contributed by atoms with E-state index in [9.17, 15) is 17.6 Å². The molecule has 1 saturated heterocycles. The van der Waals surface area contributed by atoms with Crippen molar-refractivity contribution < 1.29 is 22.3 Å². The second-order valence-corrected chi connectivity index (χ2v) is 8.81. The SMILES string of the molecule is Cc1ccc(NC(=O)/C=C/c2ccc(F)c(Cl)c2)cc1S(=O)(=O)N1CCOCC1. The Kier molecular flexibility index (Phi) is 6.69. The van der Waals surface area contributed by atoms with Gasteiger partial charge in [0.15, 0.2) is 0 Å². The van der Waals surface area contributed by atoms with Crippen LogP contribution in [0.4, 0.5) is 10.1 Å². The number of sulfonamides is 1. The van der Waals surface area contributed by atoms with Crippen molar-refractivity contribution in [1.82, 2.24) is 4.31 Å². The van der Waals surface area contributed by atoms with Crippen LogP contribution in [0.15, 0.2) is 47.4 Å². The van der Waals surface area contributed by atoms with Crippen LogP contribution >= 0.6 is 11.6 Å². The van der Waals surface area contributed by atoms with Crippen LogP contribution in [0.25, 0.3) is 6.08 Å². The van der Waals surface area contributed by atoms with E-state index in [0.717, 1.165) is 0 Å². The van der Waals surface area contributed by atoms with E-state index in [-0.39, 0.29) is 9.92 Å². The molecule has 1 aliphatic rings. The van der Waals surface area contributed by atoms with Crippen molar-refractivity contribution in [2.75, 3.05) is 31.6 Å². The number of carbonyl (C=O) groups excluding carboxylic acids is 1. The summed E-state index contributed by atoms with van der Waals surface area (Å²) in [6, 6.07) is 8.83. The van der Waals surface area contributed by atoms with Gasteiger partial charge in [0.2, 0.25) is 15.9 Å². The molecule has 29 heavy (non-hydrogen) atoms. The molecule has 1 heterocycles. The largest absolute Gasteiger partial charge is 0.379 e. The van der Waals surface area contributed by atoms with Crippen LogP contribution in [0.5, 0.6) is 0 Å². The van der Waals surface area contributed by atoms with Gasteiger partial charge in [-0.2, -0.15) is 4.31 Å². The van der Waals surface area contributed by atoms with E-state index < -0.39 is 21.7 Å². The lowest BCUT2D eigenvalue weighted by Gasteiger charge is -2.26. The quantitative estimate of drug-likeness (QED) is 0.725. The fraction of sp³-hybridized carbons (Fsp3) is 0.250. The number of carbonyl (C=O) groups is 1. The van der Waals surface area contributed by atoms with Crippen molar-refractivity contribution in [3.8, 4) is 0 Å². The lowest BCUT2D eigenvalue weighted by molar-refractivity contribution is -0.111. The van der Waals surface area contributed by atoms with E-state index >= 15 is 0 Å². The Morgan fingerprint density at radius 1 is 1.21 bits per heavy atom. The number of benzene rings is 2. The second kappa shape index (κ2) is 9.04. The molecule has 154 valence electrons. The molecule has 1 amide bonds. The van der Waals surface area contributed by atoms with Crippen molar-refractivity contribution in [3.63, 3.8) is 0 Å².